The number of halogens is 1. The van der Waals surface area contributed by atoms with Crippen molar-refractivity contribution in [3.63, 3.8) is 0 Å². The van der Waals surface area contributed by atoms with E-state index in [-0.39, 0.29) is 24.0 Å². The number of aliphatic imine (C=N–C) groups is 1. The van der Waals surface area contributed by atoms with Crippen molar-refractivity contribution in [2.45, 2.75) is 19.9 Å². The van der Waals surface area contributed by atoms with Crippen LogP contribution in [-0.2, 0) is 13.0 Å². The number of aromatic nitrogens is 2. The van der Waals surface area contributed by atoms with Crippen molar-refractivity contribution in [2.24, 2.45) is 4.99 Å². The van der Waals surface area contributed by atoms with E-state index in [4.69, 9.17) is 0 Å². The molecular weight excluding hydrogens is 397 g/mol. The van der Waals surface area contributed by atoms with Crippen LogP contribution in [0.1, 0.15) is 16.1 Å². The summed E-state index contributed by atoms with van der Waals surface area (Å²) >= 11 is 1.80. The van der Waals surface area contributed by atoms with Gasteiger partial charge in [-0.1, -0.05) is 6.07 Å². The lowest BCUT2D eigenvalue weighted by molar-refractivity contribution is 0.486. The summed E-state index contributed by atoms with van der Waals surface area (Å²) in [6.07, 6.45) is 2.89. The summed E-state index contributed by atoms with van der Waals surface area (Å²) in [5.74, 6) is 0.905. The molecule has 0 unspecified atom stereocenters. The van der Waals surface area contributed by atoms with Crippen LogP contribution in [0, 0.1) is 6.92 Å². The van der Waals surface area contributed by atoms with Gasteiger partial charge in [-0.2, -0.15) is 5.10 Å². The Morgan fingerprint density at radius 2 is 2.33 bits per heavy atom. The lowest BCUT2D eigenvalue weighted by Crippen LogP contribution is -2.39. The first kappa shape index (κ1) is 18.0. The van der Waals surface area contributed by atoms with Gasteiger partial charge in [0, 0.05) is 43.3 Å². The Labute approximate surface area is 146 Å². The van der Waals surface area contributed by atoms with E-state index in [1.165, 1.54) is 4.88 Å². The van der Waals surface area contributed by atoms with Crippen LogP contribution in [-0.4, -0.2) is 41.7 Å². The molecule has 0 aliphatic rings. The molecule has 0 radical (unpaired) electrons. The highest BCUT2D eigenvalue weighted by molar-refractivity contribution is 14.0. The summed E-state index contributed by atoms with van der Waals surface area (Å²) in [5.41, 5.74) is 2.26. The lowest BCUT2D eigenvalue weighted by atomic mass is 10.2. The van der Waals surface area contributed by atoms with Gasteiger partial charge in [0.15, 0.2) is 5.96 Å². The predicted molar refractivity (Wildman–Crippen MR) is 99.6 cm³/mol. The second kappa shape index (κ2) is 9.04. The topological polar surface area (TPSA) is 56.3 Å². The molecule has 116 valence electrons. The minimum absolute atomic E-state index is 0. The maximum Gasteiger partial charge on any atom is 0.193 e. The smallest absolute Gasteiger partial charge is 0.193 e. The van der Waals surface area contributed by atoms with Gasteiger partial charge in [-0.15, -0.1) is 35.3 Å². The number of nitrogens with zero attached hydrogens (tertiary/aromatic N) is 3. The highest BCUT2D eigenvalue weighted by atomic mass is 127. The molecule has 0 aromatic carbocycles. The van der Waals surface area contributed by atoms with E-state index in [1.54, 1.807) is 11.3 Å². The fourth-order valence-electron chi connectivity index (χ4n) is 1.95. The van der Waals surface area contributed by atoms with Crippen LogP contribution >= 0.6 is 35.3 Å². The van der Waals surface area contributed by atoms with Crippen LogP contribution in [0.3, 0.4) is 0 Å². The molecular formula is C14H22IN5S. The average Bonchev–Trinajstić information content (AvgIpc) is 3.09. The molecule has 2 heterocycles. The van der Waals surface area contributed by atoms with Crippen LogP contribution in [0.5, 0.6) is 0 Å². The molecule has 0 aliphatic carbocycles. The van der Waals surface area contributed by atoms with Gasteiger partial charge in [-0.05, 0) is 24.8 Å². The van der Waals surface area contributed by atoms with Crippen LogP contribution in [0.15, 0.2) is 28.7 Å². The van der Waals surface area contributed by atoms with E-state index in [0.717, 1.165) is 36.7 Å². The fraction of sp³-hybridized carbons (Fsp3) is 0.429. The number of H-pyrrole nitrogens is 1. The molecule has 2 rings (SSSR count). The minimum Gasteiger partial charge on any atom is -0.352 e. The second-order valence-electron chi connectivity index (χ2n) is 4.67. The van der Waals surface area contributed by atoms with Crippen molar-refractivity contribution in [3.05, 3.63) is 39.8 Å². The van der Waals surface area contributed by atoms with Gasteiger partial charge >= 0.3 is 0 Å². The molecule has 7 heteroatoms. The number of rotatable bonds is 5. The molecule has 2 N–H and O–H groups in total. The lowest BCUT2D eigenvalue weighted by Gasteiger charge is -2.21. The molecule has 0 spiro atoms. The first-order valence-corrected chi connectivity index (χ1v) is 7.51. The predicted octanol–water partition coefficient (Wildman–Crippen LogP) is 2.65. The largest absolute Gasteiger partial charge is 0.352 e. The summed E-state index contributed by atoms with van der Waals surface area (Å²) in [7, 11) is 3.87. The SMILES string of the molecule is CN=C(NCc1cn[nH]c1C)N(C)CCc1cccs1.I. The Bertz CT molecular complexity index is 549. The number of hydrogen-bond donors (Lipinski definition) is 2. The molecule has 2 aromatic rings. The van der Waals surface area contributed by atoms with Crippen molar-refractivity contribution < 1.29 is 0 Å². The van der Waals surface area contributed by atoms with E-state index < -0.39 is 0 Å². The summed E-state index contributed by atoms with van der Waals surface area (Å²) in [6, 6.07) is 4.26. The second-order valence-corrected chi connectivity index (χ2v) is 5.70. The van der Waals surface area contributed by atoms with Crippen molar-refractivity contribution >= 4 is 41.3 Å². The zero-order valence-corrected chi connectivity index (χ0v) is 15.7. The Kier molecular flexibility index (Phi) is 7.73. The van der Waals surface area contributed by atoms with Gasteiger partial charge in [0.1, 0.15) is 0 Å². The summed E-state index contributed by atoms with van der Waals surface area (Å²) in [4.78, 5) is 7.87. The fourth-order valence-corrected chi connectivity index (χ4v) is 2.65. The number of nitrogens with one attached hydrogen (secondary N) is 2. The van der Waals surface area contributed by atoms with Crippen molar-refractivity contribution in [1.82, 2.24) is 20.4 Å². The van der Waals surface area contributed by atoms with Crippen LogP contribution in [0.2, 0.25) is 0 Å². The van der Waals surface area contributed by atoms with E-state index in [9.17, 15) is 0 Å². The van der Waals surface area contributed by atoms with E-state index in [1.807, 2.05) is 20.2 Å². The highest BCUT2D eigenvalue weighted by Gasteiger charge is 2.07. The molecule has 0 bridgehead atoms. The zero-order chi connectivity index (χ0) is 14.4. The van der Waals surface area contributed by atoms with Crippen LogP contribution < -0.4 is 5.32 Å². The monoisotopic (exact) mass is 419 g/mol. The van der Waals surface area contributed by atoms with Gasteiger partial charge in [-0.3, -0.25) is 10.1 Å². The van der Waals surface area contributed by atoms with Crippen LogP contribution in [0.4, 0.5) is 0 Å². The van der Waals surface area contributed by atoms with Crippen molar-refractivity contribution in [3.8, 4) is 0 Å². The Balaban J connectivity index is 0.00000220. The maximum absolute atomic E-state index is 4.32. The third-order valence-electron chi connectivity index (χ3n) is 3.22. The normalized spacial score (nSPS) is 11.1. The minimum atomic E-state index is 0. The third-order valence-corrected chi connectivity index (χ3v) is 4.15. The van der Waals surface area contributed by atoms with E-state index >= 15 is 0 Å². The first-order valence-electron chi connectivity index (χ1n) is 6.63. The number of likely N-dealkylation sites (N-methyl/N-ethyl adjacent to an activating group) is 1. The Morgan fingerprint density at radius 1 is 1.52 bits per heavy atom. The Hall–Kier alpha value is -1.09. The molecule has 0 fully saturated rings. The van der Waals surface area contributed by atoms with Gasteiger partial charge in [0.25, 0.3) is 0 Å². The molecule has 0 atom stereocenters. The number of guanidine groups is 1. The highest BCUT2D eigenvalue weighted by Crippen LogP contribution is 2.09. The molecule has 21 heavy (non-hydrogen) atoms. The van der Waals surface area contributed by atoms with Crippen molar-refractivity contribution in [1.29, 1.82) is 0 Å². The van der Waals surface area contributed by atoms with Crippen molar-refractivity contribution in [2.75, 3.05) is 20.6 Å². The molecule has 0 saturated carbocycles. The third kappa shape index (κ3) is 5.31. The maximum atomic E-state index is 4.32. The molecule has 5 nitrogen and oxygen atoms in total. The van der Waals surface area contributed by atoms with E-state index in [2.05, 4.69) is 50.0 Å². The molecule has 0 aliphatic heterocycles. The number of thiophene rings is 1. The summed E-state index contributed by atoms with van der Waals surface area (Å²) in [5, 5.41) is 12.4. The van der Waals surface area contributed by atoms with Gasteiger partial charge in [-0.25, -0.2) is 0 Å². The average molecular weight is 419 g/mol. The zero-order valence-electron chi connectivity index (χ0n) is 12.6. The van der Waals surface area contributed by atoms with Gasteiger partial charge < -0.3 is 10.2 Å². The molecule has 0 saturated heterocycles. The number of aromatic amines is 1. The van der Waals surface area contributed by atoms with E-state index in [0.29, 0.717) is 0 Å². The summed E-state index contributed by atoms with van der Waals surface area (Å²) < 4.78 is 0. The molecule has 0 amide bonds. The summed E-state index contributed by atoms with van der Waals surface area (Å²) in [6.45, 7) is 3.70. The Morgan fingerprint density at radius 3 is 2.90 bits per heavy atom. The van der Waals surface area contributed by atoms with Gasteiger partial charge in [0.2, 0.25) is 0 Å². The first-order chi connectivity index (χ1) is 9.70. The van der Waals surface area contributed by atoms with Gasteiger partial charge in [0.05, 0.1) is 6.20 Å². The standard InChI is InChI=1S/C14H21N5S.HI/c1-11-12(10-17-18-11)9-16-14(15-2)19(3)7-6-13-5-4-8-20-13;/h4-5,8,10H,6-7,9H2,1-3H3,(H,15,16)(H,17,18);1H. The quantitative estimate of drug-likeness (QED) is 0.445. The molecule has 2 aromatic heterocycles. The number of aryl methyl sites for hydroxylation is 1. The number of hydrogen-bond acceptors (Lipinski definition) is 3. The van der Waals surface area contributed by atoms with Crippen LogP contribution in [0.25, 0.3) is 0 Å².